The fraction of sp³-hybridized carbons (Fsp3) is 0.444. The van der Waals surface area contributed by atoms with Crippen LogP contribution in [0.1, 0.15) is 27.9 Å². The number of amides is 3. The number of nitrogens with one attached hydrogen (secondary N) is 1. The topological polar surface area (TPSA) is 93.5 Å². The summed E-state index contributed by atoms with van der Waals surface area (Å²) in [5, 5.41) is 11.5. The van der Waals surface area contributed by atoms with Gasteiger partial charge >= 0.3 is 0 Å². The van der Waals surface area contributed by atoms with Crippen LogP contribution in [0, 0.1) is 24.2 Å². The maximum atomic E-state index is 12.6. The first kappa shape index (κ1) is 17.0. The van der Waals surface area contributed by atoms with Crippen molar-refractivity contribution < 1.29 is 14.4 Å². The Labute approximate surface area is 146 Å². The quantitative estimate of drug-likeness (QED) is 0.855. The Kier molecular flexibility index (Phi) is 4.45. The average molecular weight is 340 g/mol. The Morgan fingerprint density at radius 3 is 2.60 bits per heavy atom. The minimum Gasteiger partial charge on any atom is -0.359 e. The molecule has 3 amide bonds. The number of rotatable bonds is 3. The van der Waals surface area contributed by atoms with Gasteiger partial charge in [-0.15, -0.1) is 0 Å². The molecule has 1 atom stereocenters. The zero-order valence-electron chi connectivity index (χ0n) is 14.3. The lowest BCUT2D eigenvalue weighted by molar-refractivity contribution is -0.132. The van der Waals surface area contributed by atoms with Crippen LogP contribution in [0.5, 0.6) is 0 Å². The number of likely N-dealkylation sites (tertiary alicyclic amines) is 2. The summed E-state index contributed by atoms with van der Waals surface area (Å²) in [6.45, 7) is 3.18. The van der Waals surface area contributed by atoms with E-state index in [9.17, 15) is 14.4 Å². The van der Waals surface area contributed by atoms with Crippen molar-refractivity contribution in [1.29, 1.82) is 5.26 Å². The molecule has 0 saturated carbocycles. The molecule has 1 N–H and O–H groups in total. The maximum Gasteiger partial charge on any atom is 0.254 e. The summed E-state index contributed by atoms with van der Waals surface area (Å²) >= 11 is 0. The molecular formula is C18H20N4O3. The van der Waals surface area contributed by atoms with Gasteiger partial charge in [-0.05, 0) is 30.7 Å². The normalized spacial score (nSPS) is 20.2. The van der Waals surface area contributed by atoms with Crippen LogP contribution in [-0.2, 0) is 9.59 Å². The molecule has 2 heterocycles. The number of nitriles is 1. The molecule has 7 nitrogen and oxygen atoms in total. The molecule has 2 aliphatic heterocycles. The summed E-state index contributed by atoms with van der Waals surface area (Å²) < 4.78 is 0. The lowest BCUT2D eigenvalue weighted by Gasteiger charge is -2.44. The van der Waals surface area contributed by atoms with E-state index in [1.54, 1.807) is 35.0 Å². The molecule has 1 unspecified atom stereocenters. The number of nitrogens with zero attached hydrogens (tertiary/aromatic N) is 3. The smallest absolute Gasteiger partial charge is 0.254 e. The minimum atomic E-state index is -0.303. The van der Waals surface area contributed by atoms with Gasteiger partial charge in [0.15, 0.2) is 0 Å². The molecule has 2 aliphatic rings. The van der Waals surface area contributed by atoms with E-state index in [-0.39, 0.29) is 36.1 Å². The first-order chi connectivity index (χ1) is 11.9. The van der Waals surface area contributed by atoms with Crippen LogP contribution in [0.25, 0.3) is 0 Å². The van der Waals surface area contributed by atoms with Crippen LogP contribution in [0.15, 0.2) is 18.2 Å². The van der Waals surface area contributed by atoms with Gasteiger partial charge in [-0.2, -0.15) is 5.26 Å². The van der Waals surface area contributed by atoms with Crippen molar-refractivity contribution in [2.75, 3.05) is 26.7 Å². The SMILES string of the molecule is CNC(=O)C1CC(=O)N(C2CN(C(=O)c3ccc(C#N)cc3C)C2)C1. The van der Waals surface area contributed by atoms with Crippen LogP contribution in [-0.4, -0.2) is 60.2 Å². The molecular weight excluding hydrogens is 320 g/mol. The van der Waals surface area contributed by atoms with Crippen molar-refractivity contribution in [3.63, 3.8) is 0 Å². The molecule has 25 heavy (non-hydrogen) atoms. The Hall–Kier alpha value is -2.88. The third-order valence-electron chi connectivity index (χ3n) is 4.95. The predicted octanol–water partition coefficient (Wildman–Crippen LogP) is 0.286. The number of aryl methyl sites for hydroxylation is 1. The van der Waals surface area contributed by atoms with Crippen molar-refractivity contribution in [2.45, 2.75) is 19.4 Å². The highest BCUT2D eigenvalue weighted by molar-refractivity contribution is 5.96. The summed E-state index contributed by atoms with van der Waals surface area (Å²) in [5.41, 5.74) is 1.87. The summed E-state index contributed by atoms with van der Waals surface area (Å²) in [5.74, 6) is -0.535. The molecule has 2 saturated heterocycles. The highest BCUT2D eigenvalue weighted by Gasteiger charge is 2.43. The van der Waals surface area contributed by atoms with Crippen molar-refractivity contribution in [3.8, 4) is 6.07 Å². The fourth-order valence-electron chi connectivity index (χ4n) is 3.43. The number of carbonyl (C=O) groups is 3. The number of carbonyl (C=O) groups excluding carboxylic acids is 3. The van der Waals surface area contributed by atoms with E-state index in [0.717, 1.165) is 5.56 Å². The third-order valence-corrected chi connectivity index (χ3v) is 4.95. The monoisotopic (exact) mass is 340 g/mol. The summed E-state index contributed by atoms with van der Waals surface area (Å²) in [6, 6.07) is 7.04. The lowest BCUT2D eigenvalue weighted by Crippen LogP contribution is -2.61. The van der Waals surface area contributed by atoms with Gasteiger partial charge in [0.2, 0.25) is 11.8 Å². The molecule has 0 aromatic heterocycles. The van der Waals surface area contributed by atoms with E-state index in [4.69, 9.17) is 5.26 Å². The van der Waals surface area contributed by atoms with Gasteiger partial charge in [-0.1, -0.05) is 0 Å². The van der Waals surface area contributed by atoms with Gasteiger partial charge in [-0.25, -0.2) is 0 Å². The molecule has 1 aromatic rings. The zero-order chi connectivity index (χ0) is 18.1. The van der Waals surface area contributed by atoms with Crippen LogP contribution < -0.4 is 5.32 Å². The van der Waals surface area contributed by atoms with Gasteiger partial charge in [0, 0.05) is 38.7 Å². The van der Waals surface area contributed by atoms with Crippen molar-refractivity contribution in [3.05, 3.63) is 34.9 Å². The molecule has 3 rings (SSSR count). The second-order valence-corrected chi connectivity index (χ2v) is 6.57. The Bertz CT molecular complexity index is 777. The van der Waals surface area contributed by atoms with Crippen LogP contribution >= 0.6 is 0 Å². The number of hydrogen-bond donors (Lipinski definition) is 1. The molecule has 0 spiro atoms. The lowest BCUT2D eigenvalue weighted by atomic mass is 10.0. The zero-order valence-corrected chi connectivity index (χ0v) is 14.3. The Balaban J connectivity index is 1.61. The van der Waals surface area contributed by atoms with E-state index in [1.807, 2.05) is 6.92 Å². The van der Waals surface area contributed by atoms with Gasteiger partial charge < -0.3 is 15.1 Å². The molecule has 0 aliphatic carbocycles. The van der Waals surface area contributed by atoms with Crippen LogP contribution in [0.2, 0.25) is 0 Å². The summed E-state index contributed by atoms with van der Waals surface area (Å²) in [6.07, 6.45) is 0.235. The Morgan fingerprint density at radius 2 is 2.00 bits per heavy atom. The number of benzene rings is 1. The van der Waals surface area contributed by atoms with Gasteiger partial charge in [0.05, 0.1) is 23.6 Å². The van der Waals surface area contributed by atoms with E-state index in [1.165, 1.54) is 0 Å². The first-order valence-corrected chi connectivity index (χ1v) is 8.25. The largest absolute Gasteiger partial charge is 0.359 e. The molecule has 1 aromatic carbocycles. The summed E-state index contributed by atoms with van der Waals surface area (Å²) in [7, 11) is 1.57. The van der Waals surface area contributed by atoms with E-state index in [0.29, 0.717) is 30.8 Å². The minimum absolute atomic E-state index is 0.0233. The molecule has 130 valence electrons. The average Bonchev–Trinajstić information content (AvgIpc) is 2.94. The van der Waals surface area contributed by atoms with Crippen LogP contribution in [0.4, 0.5) is 0 Å². The molecule has 0 radical (unpaired) electrons. The second-order valence-electron chi connectivity index (χ2n) is 6.57. The first-order valence-electron chi connectivity index (χ1n) is 8.25. The van der Waals surface area contributed by atoms with Crippen molar-refractivity contribution >= 4 is 17.7 Å². The number of hydrogen-bond acceptors (Lipinski definition) is 4. The summed E-state index contributed by atoms with van der Waals surface area (Å²) in [4.78, 5) is 39.8. The van der Waals surface area contributed by atoms with Gasteiger partial charge in [-0.3, -0.25) is 14.4 Å². The highest BCUT2D eigenvalue weighted by Crippen LogP contribution is 2.26. The van der Waals surface area contributed by atoms with Gasteiger partial charge in [0.25, 0.3) is 5.91 Å². The fourth-order valence-corrected chi connectivity index (χ4v) is 3.43. The van der Waals surface area contributed by atoms with Crippen molar-refractivity contribution in [2.24, 2.45) is 5.92 Å². The third kappa shape index (κ3) is 3.07. The highest BCUT2D eigenvalue weighted by atomic mass is 16.2. The van der Waals surface area contributed by atoms with E-state index in [2.05, 4.69) is 11.4 Å². The predicted molar refractivity (Wildman–Crippen MR) is 89.5 cm³/mol. The molecule has 7 heteroatoms. The second kappa shape index (κ2) is 6.55. The maximum absolute atomic E-state index is 12.6. The van der Waals surface area contributed by atoms with E-state index >= 15 is 0 Å². The standard InChI is InChI=1S/C18H20N4O3/c1-11-5-12(7-19)3-4-15(11)18(25)21-9-14(10-21)22-8-13(6-16(22)23)17(24)20-2/h3-5,13-14H,6,8-10H2,1-2H3,(H,20,24). The van der Waals surface area contributed by atoms with Crippen LogP contribution in [0.3, 0.4) is 0 Å². The molecule has 2 fully saturated rings. The Morgan fingerprint density at radius 1 is 1.28 bits per heavy atom. The van der Waals surface area contributed by atoms with E-state index < -0.39 is 0 Å². The van der Waals surface area contributed by atoms with Gasteiger partial charge in [0.1, 0.15) is 0 Å². The molecule has 0 bridgehead atoms. The van der Waals surface area contributed by atoms with Crippen molar-refractivity contribution in [1.82, 2.24) is 15.1 Å².